The maximum absolute atomic E-state index is 11.7. The van der Waals surface area contributed by atoms with Crippen LogP contribution in [-0.2, 0) is 11.2 Å². The summed E-state index contributed by atoms with van der Waals surface area (Å²) in [6, 6.07) is 8.38. The van der Waals surface area contributed by atoms with Crippen molar-refractivity contribution < 1.29 is 4.79 Å². The van der Waals surface area contributed by atoms with Crippen molar-refractivity contribution in [2.75, 3.05) is 13.1 Å². The molecule has 0 aromatic heterocycles. The van der Waals surface area contributed by atoms with Crippen molar-refractivity contribution in [2.45, 2.75) is 19.4 Å². The van der Waals surface area contributed by atoms with Gasteiger partial charge in [-0.2, -0.15) is 0 Å². The molecule has 1 fully saturated rings. The third-order valence-electron chi connectivity index (χ3n) is 2.97. The predicted octanol–water partition coefficient (Wildman–Crippen LogP) is 1.72. The van der Waals surface area contributed by atoms with Gasteiger partial charge in [0.05, 0.1) is 5.92 Å². The Morgan fingerprint density at radius 1 is 1.59 bits per heavy atom. The van der Waals surface area contributed by atoms with Crippen LogP contribution < -0.4 is 10.6 Å². The van der Waals surface area contributed by atoms with Crippen LogP contribution in [0.2, 0.25) is 0 Å². The first-order chi connectivity index (χ1) is 8.15. The van der Waals surface area contributed by atoms with E-state index < -0.39 is 0 Å². The van der Waals surface area contributed by atoms with E-state index in [9.17, 15) is 4.79 Å². The molecule has 92 valence electrons. The summed E-state index contributed by atoms with van der Waals surface area (Å²) in [5.74, 6) is 0.339. The summed E-state index contributed by atoms with van der Waals surface area (Å²) in [6.07, 6.45) is 0.866. The minimum absolute atomic E-state index is 0.167. The van der Waals surface area contributed by atoms with E-state index in [2.05, 4.69) is 38.7 Å². The average Bonchev–Trinajstić information content (AvgIpc) is 2.13. The summed E-state index contributed by atoms with van der Waals surface area (Å²) in [4.78, 5) is 11.7. The minimum atomic E-state index is 0.167. The van der Waals surface area contributed by atoms with Gasteiger partial charge in [-0.15, -0.1) is 0 Å². The minimum Gasteiger partial charge on any atom is -0.353 e. The van der Waals surface area contributed by atoms with Gasteiger partial charge in [-0.1, -0.05) is 28.1 Å². The predicted molar refractivity (Wildman–Crippen MR) is 71.8 cm³/mol. The molecule has 1 aliphatic rings. The van der Waals surface area contributed by atoms with E-state index in [4.69, 9.17) is 0 Å². The maximum atomic E-state index is 11.7. The molecule has 0 aliphatic carbocycles. The molecule has 3 nitrogen and oxygen atoms in total. The fraction of sp³-hybridized carbons (Fsp3) is 0.462. The summed E-state index contributed by atoms with van der Waals surface area (Å²) >= 11 is 3.45. The Kier molecular flexibility index (Phi) is 4.18. The molecule has 0 radical (unpaired) electrons. The van der Waals surface area contributed by atoms with Gasteiger partial charge in [-0.05, 0) is 31.0 Å². The summed E-state index contributed by atoms with van der Waals surface area (Å²) in [6.45, 7) is 3.68. The fourth-order valence-corrected chi connectivity index (χ4v) is 2.35. The van der Waals surface area contributed by atoms with Gasteiger partial charge >= 0.3 is 0 Å². The molecule has 2 rings (SSSR count). The number of halogens is 1. The highest BCUT2D eigenvalue weighted by Crippen LogP contribution is 2.13. The van der Waals surface area contributed by atoms with Crippen LogP contribution in [0.25, 0.3) is 0 Å². The first kappa shape index (κ1) is 12.6. The highest BCUT2D eigenvalue weighted by molar-refractivity contribution is 9.10. The molecule has 1 aromatic carbocycles. The molecular weight excluding hydrogens is 280 g/mol. The SMILES string of the molecule is CC(Cc1cccc(Br)c1)NC(=O)C1CNC1. The number of carbonyl (C=O) groups is 1. The van der Waals surface area contributed by atoms with E-state index in [1.54, 1.807) is 0 Å². The van der Waals surface area contributed by atoms with Crippen LogP contribution in [0.15, 0.2) is 28.7 Å². The molecule has 0 saturated carbocycles. The zero-order valence-corrected chi connectivity index (χ0v) is 11.5. The summed E-state index contributed by atoms with van der Waals surface area (Å²) in [5.41, 5.74) is 1.24. The van der Waals surface area contributed by atoms with Crippen LogP contribution in [0.4, 0.5) is 0 Å². The topological polar surface area (TPSA) is 41.1 Å². The van der Waals surface area contributed by atoms with Crippen molar-refractivity contribution in [3.05, 3.63) is 34.3 Å². The Bertz CT molecular complexity index is 404. The molecule has 0 bridgehead atoms. The lowest BCUT2D eigenvalue weighted by Crippen LogP contribution is -2.52. The van der Waals surface area contributed by atoms with E-state index in [1.165, 1.54) is 5.56 Å². The standard InChI is InChI=1S/C13H17BrN2O/c1-9(16-13(17)11-7-15-8-11)5-10-3-2-4-12(14)6-10/h2-4,6,9,11,15H,5,7-8H2,1H3,(H,16,17). The first-order valence-electron chi connectivity index (χ1n) is 5.90. The molecule has 1 unspecified atom stereocenters. The van der Waals surface area contributed by atoms with E-state index in [1.807, 2.05) is 19.1 Å². The van der Waals surface area contributed by atoms with Crippen molar-refractivity contribution in [2.24, 2.45) is 5.92 Å². The number of rotatable bonds is 4. The molecule has 1 heterocycles. The zero-order chi connectivity index (χ0) is 12.3. The highest BCUT2D eigenvalue weighted by atomic mass is 79.9. The molecule has 2 N–H and O–H groups in total. The van der Waals surface area contributed by atoms with Gasteiger partial charge < -0.3 is 10.6 Å². The summed E-state index contributed by atoms with van der Waals surface area (Å²) in [7, 11) is 0. The van der Waals surface area contributed by atoms with E-state index >= 15 is 0 Å². The van der Waals surface area contributed by atoms with Crippen molar-refractivity contribution in [3.63, 3.8) is 0 Å². The van der Waals surface area contributed by atoms with Gasteiger partial charge in [0.25, 0.3) is 0 Å². The van der Waals surface area contributed by atoms with Crippen LogP contribution >= 0.6 is 15.9 Å². The van der Waals surface area contributed by atoms with Gasteiger partial charge in [-0.3, -0.25) is 4.79 Å². The lowest BCUT2D eigenvalue weighted by molar-refractivity contribution is -0.127. The lowest BCUT2D eigenvalue weighted by atomic mass is 10.0. The Hall–Kier alpha value is -0.870. The van der Waals surface area contributed by atoms with Crippen LogP contribution in [0.1, 0.15) is 12.5 Å². The number of amides is 1. The maximum Gasteiger partial charge on any atom is 0.225 e. The number of nitrogens with one attached hydrogen (secondary N) is 2. The van der Waals surface area contributed by atoms with Crippen molar-refractivity contribution in [1.29, 1.82) is 0 Å². The quantitative estimate of drug-likeness (QED) is 0.888. The molecule has 4 heteroatoms. The highest BCUT2D eigenvalue weighted by Gasteiger charge is 2.25. The number of benzene rings is 1. The Labute approximate surface area is 110 Å². The van der Waals surface area contributed by atoms with E-state index in [0.717, 1.165) is 24.0 Å². The molecule has 1 aliphatic heterocycles. The van der Waals surface area contributed by atoms with Gasteiger partial charge in [0.15, 0.2) is 0 Å². The van der Waals surface area contributed by atoms with Crippen LogP contribution in [-0.4, -0.2) is 25.0 Å². The number of hydrogen-bond donors (Lipinski definition) is 2. The second kappa shape index (κ2) is 5.65. The lowest BCUT2D eigenvalue weighted by Gasteiger charge is -2.27. The normalized spacial score (nSPS) is 17.3. The third kappa shape index (κ3) is 3.54. The summed E-state index contributed by atoms with van der Waals surface area (Å²) < 4.78 is 1.08. The van der Waals surface area contributed by atoms with Crippen molar-refractivity contribution in [3.8, 4) is 0 Å². The molecule has 1 amide bonds. The average molecular weight is 297 g/mol. The Morgan fingerprint density at radius 3 is 2.94 bits per heavy atom. The van der Waals surface area contributed by atoms with Crippen LogP contribution in [0, 0.1) is 5.92 Å². The molecule has 1 aromatic rings. The van der Waals surface area contributed by atoms with Gasteiger partial charge in [0.2, 0.25) is 5.91 Å². The number of hydrogen-bond acceptors (Lipinski definition) is 2. The monoisotopic (exact) mass is 296 g/mol. The van der Waals surface area contributed by atoms with Crippen molar-refractivity contribution >= 4 is 21.8 Å². The van der Waals surface area contributed by atoms with E-state index in [0.29, 0.717) is 0 Å². The Balaban J connectivity index is 1.84. The van der Waals surface area contributed by atoms with Gasteiger partial charge in [0, 0.05) is 23.6 Å². The number of carbonyl (C=O) groups excluding carboxylic acids is 1. The second-order valence-electron chi connectivity index (χ2n) is 4.60. The van der Waals surface area contributed by atoms with Crippen molar-refractivity contribution in [1.82, 2.24) is 10.6 Å². The van der Waals surface area contributed by atoms with E-state index in [-0.39, 0.29) is 17.9 Å². The molecule has 17 heavy (non-hydrogen) atoms. The van der Waals surface area contributed by atoms with Gasteiger partial charge in [0.1, 0.15) is 0 Å². The molecule has 0 spiro atoms. The molecule has 1 atom stereocenters. The fourth-order valence-electron chi connectivity index (χ4n) is 1.90. The van der Waals surface area contributed by atoms with Crippen LogP contribution in [0.3, 0.4) is 0 Å². The first-order valence-corrected chi connectivity index (χ1v) is 6.70. The Morgan fingerprint density at radius 2 is 2.35 bits per heavy atom. The summed E-state index contributed by atoms with van der Waals surface area (Å²) in [5, 5.41) is 6.16. The largest absolute Gasteiger partial charge is 0.353 e. The third-order valence-corrected chi connectivity index (χ3v) is 3.47. The van der Waals surface area contributed by atoms with Crippen LogP contribution in [0.5, 0.6) is 0 Å². The molecule has 1 saturated heterocycles. The smallest absolute Gasteiger partial charge is 0.225 e. The van der Waals surface area contributed by atoms with Gasteiger partial charge in [-0.25, -0.2) is 0 Å². The zero-order valence-electron chi connectivity index (χ0n) is 9.87. The molecular formula is C13H17BrN2O. The second-order valence-corrected chi connectivity index (χ2v) is 5.51.